The third kappa shape index (κ3) is 6.33. The summed E-state index contributed by atoms with van der Waals surface area (Å²) in [6.07, 6.45) is 1.81. The average molecular weight is 328 g/mol. The number of carbonyl (C=O) groups is 2. The number of carbonyl (C=O) groups excluding carboxylic acids is 2. The Bertz CT molecular complexity index is 452. The normalized spacial score (nSPS) is 10.9. The van der Waals surface area contributed by atoms with Gasteiger partial charge in [0.2, 0.25) is 5.91 Å². The second-order valence-electron chi connectivity index (χ2n) is 5.17. The third-order valence-corrected chi connectivity index (χ3v) is 2.58. The maximum atomic E-state index is 11.7. The van der Waals surface area contributed by atoms with Crippen LogP contribution >= 0.6 is 15.9 Å². The Morgan fingerprint density at radius 2 is 2.00 bits per heavy atom. The summed E-state index contributed by atoms with van der Waals surface area (Å²) >= 11 is 3.25. The van der Waals surface area contributed by atoms with Gasteiger partial charge in [-0.3, -0.25) is 9.59 Å². The number of hydrogen-bond donors (Lipinski definition) is 2. The van der Waals surface area contributed by atoms with E-state index in [4.69, 9.17) is 0 Å². The van der Waals surface area contributed by atoms with Gasteiger partial charge in [-0.15, -0.1) is 0 Å². The van der Waals surface area contributed by atoms with Crippen molar-refractivity contribution in [3.8, 4) is 0 Å². The van der Waals surface area contributed by atoms with Crippen LogP contribution in [-0.4, -0.2) is 28.9 Å². The molecule has 6 heteroatoms. The molecule has 0 saturated heterocycles. The summed E-state index contributed by atoms with van der Waals surface area (Å²) in [6.45, 7) is 6.03. The Morgan fingerprint density at radius 3 is 2.53 bits per heavy atom. The van der Waals surface area contributed by atoms with Gasteiger partial charge >= 0.3 is 0 Å². The van der Waals surface area contributed by atoms with E-state index in [9.17, 15) is 9.59 Å². The van der Waals surface area contributed by atoms with E-state index in [1.807, 2.05) is 20.8 Å². The molecule has 0 saturated carbocycles. The molecule has 0 atom stereocenters. The van der Waals surface area contributed by atoms with Crippen LogP contribution in [0.5, 0.6) is 0 Å². The van der Waals surface area contributed by atoms with Crippen LogP contribution in [-0.2, 0) is 4.79 Å². The average Bonchev–Trinajstić information content (AvgIpc) is 2.27. The van der Waals surface area contributed by atoms with Gasteiger partial charge in [0, 0.05) is 29.2 Å². The second-order valence-corrected chi connectivity index (χ2v) is 6.08. The standard InChI is InChI=1S/C13H18BrN3O2/c1-13(2,3)17-11(18)6-7-15-12(19)10-5-4-9(14)8-16-10/h4-5,8H,6-7H2,1-3H3,(H,15,19)(H,17,18). The van der Waals surface area contributed by atoms with E-state index in [2.05, 4.69) is 31.5 Å². The Morgan fingerprint density at radius 1 is 1.32 bits per heavy atom. The fourth-order valence-corrected chi connectivity index (χ4v) is 1.61. The van der Waals surface area contributed by atoms with Crippen molar-refractivity contribution >= 4 is 27.7 Å². The minimum atomic E-state index is -0.281. The minimum Gasteiger partial charge on any atom is -0.351 e. The fraction of sp³-hybridized carbons (Fsp3) is 0.462. The molecule has 0 bridgehead atoms. The van der Waals surface area contributed by atoms with Crippen molar-refractivity contribution < 1.29 is 9.59 Å². The summed E-state index contributed by atoms with van der Waals surface area (Å²) in [5.74, 6) is -0.368. The molecular formula is C13H18BrN3O2. The summed E-state index contributed by atoms with van der Waals surface area (Å²) in [4.78, 5) is 27.2. The van der Waals surface area contributed by atoms with Crippen LogP contribution in [0.3, 0.4) is 0 Å². The quantitative estimate of drug-likeness (QED) is 0.886. The zero-order chi connectivity index (χ0) is 14.5. The number of aromatic nitrogens is 1. The molecule has 1 aromatic heterocycles. The van der Waals surface area contributed by atoms with Crippen molar-refractivity contribution in [2.45, 2.75) is 32.7 Å². The molecule has 0 aromatic carbocycles. The van der Waals surface area contributed by atoms with Crippen molar-refractivity contribution in [1.82, 2.24) is 15.6 Å². The number of hydrogen-bond acceptors (Lipinski definition) is 3. The number of nitrogens with zero attached hydrogens (tertiary/aromatic N) is 1. The Hall–Kier alpha value is -1.43. The predicted octanol–water partition coefficient (Wildman–Crippen LogP) is 1.88. The molecule has 0 aliphatic rings. The lowest BCUT2D eigenvalue weighted by atomic mass is 10.1. The van der Waals surface area contributed by atoms with Crippen molar-refractivity contribution in [3.63, 3.8) is 0 Å². The van der Waals surface area contributed by atoms with Gasteiger partial charge < -0.3 is 10.6 Å². The Balaban J connectivity index is 2.35. The van der Waals surface area contributed by atoms with Crippen molar-refractivity contribution in [2.24, 2.45) is 0 Å². The van der Waals surface area contributed by atoms with Gasteiger partial charge in [-0.25, -0.2) is 4.98 Å². The van der Waals surface area contributed by atoms with E-state index >= 15 is 0 Å². The summed E-state index contributed by atoms with van der Waals surface area (Å²) in [5.41, 5.74) is 0.0772. The van der Waals surface area contributed by atoms with Gasteiger partial charge in [-0.1, -0.05) is 0 Å². The van der Waals surface area contributed by atoms with E-state index in [-0.39, 0.29) is 23.8 Å². The van der Waals surface area contributed by atoms with Crippen molar-refractivity contribution in [3.05, 3.63) is 28.5 Å². The Labute approximate surface area is 121 Å². The van der Waals surface area contributed by atoms with Crippen LogP contribution in [0.25, 0.3) is 0 Å². The van der Waals surface area contributed by atoms with Crippen molar-refractivity contribution in [2.75, 3.05) is 6.54 Å². The molecule has 1 heterocycles. The maximum Gasteiger partial charge on any atom is 0.269 e. The van der Waals surface area contributed by atoms with Crippen LogP contribution in [0.4, 0.5) is 0 Å². The number of rotatable bonds is 4. The van der Waals surface area contributed by atoms with Crippen LogP contribution in [0.1, 0.15) is 37.7 Å². The molecule has 104 valence electrons. The van der Waals surface area contributed by atoms with Crippen LogP contribution in [0.15, 0.2) is 22.8 Å². The number of pyridine rings is 1. The first-order chi connectivity index (χ1) is 8.78. The second kappa shape index (κ2) is 6.65. The summed E-state index contributed by atoms with van der Waals surface area (Å²) < 4.78 is 0.814. The molecular weight excluding hydrogens is 310 g/mol. The topological polar surface area (TPSA) is 71.1 Å². The third-order valence-electron chi connectivity index (χ3n) is 2.11. The van der Waals surface area contributed by atoms with E-state index < -0.39 is 0 Å². The van der Waals surface area contributed by atoms with Gasteiger partial charge in [0.05, 0.1) is 0 Å². The van der Waals surface area contributed by atoms with E-state index in [0.29, 0.717) is 12.2 Å². The maximum absolute atomic E-state index is 11.7. The van der Waals surface area contributed by atoms with Gasteiger partial charge in [-0.2, -0.15) is 0 Å². The number of nitrogens with one attached hydrogen (secondary N) is 2. The molecule has 0 aliphatic heterocycles. The largest absolute Gasteiger partial charge is 0.351 e. The van der Waals surface area contributed by atoms with E-state index in [1.165, 1.54) is 0 Å². The van der Waals surface area contributed by atoms with Gasteiger partial charge in [0.15, 0.2) is 0 Å². The zero-order valence-electron chi connectivity index (χ0n) is 11.3. The molecule has 5 nitrogen and oxygen atoms in total. The smallest absolute Gasteiger partial charge is 0.269 e. The summed E-state index contributed by atoms with van der Waals surface area (Å²) in [5, 5.41) is 5.49. The molecule has 0 aliphatic carbocycles. The summed E-state index contributed by atoms with van der Waals surface area (Å²) in [7, 11) is 0. The van der Waals surface area contributed by atoms with Crippen LogP contribution < -0.4 is 10.6 Å². The highest BCUT2D eigenvalue weighted by molar-refractivity contribution is 9.10. The summed E-state index contributed by atoms with van der Waals surface area (Å²) in [6, 6.07) is 3.36. The van der Waals surface area contributed by atoms with Gasteiger partial charge in [0.1, 0.15) is 5.69 Å². The zero-order valence-corrected chi connectivity index (χ0v) is 12.9. The number of amides is 2. The lowest BCUT2D eigenvalue weighted by Crippen LogP contribution is -2.42. The number of halogens is 1. The molecule has 1 rings (SSSR count). The predicted molar refractivity (Wildman–Crippen MR) is 76.8 cm³/mol. The van der Waals surface area contributed by atoms with Gasteiger partial charge in [0.25, 0.3) is 5.91 Å². The van der Waals surface area contributed by atoms with Crippen LogP contribution in [0.2, 0.25) is 0 Å². The van der Waals surface area contributed by atoms with E-state index in [1.54, 1.807) is 18.3 Å². The molecule has 2 amide bonds. The fourth-order valence-electron chi connectivity index (χ4n) is 1.37. The highest BCUT2D eigenvalue weighted by Gasteiger charge is 2.13. The first kappa shape index (κ1) is 15.6. The highest BCUT2D eigenvalue weighted by atomic mass is 79.9. The molecule has 0 fully saturated rings. The molecule has 0 spiro atoms. The highest BCUT2D eigenvalue weighted by Crippen LogP contribution is 2.07. The first-order valence-electron chi connectivity index (χ1n) is 5.99. The monoisotopic (exact) mass is 327 g/mol. The Kier molecular flexibility index (Phi) is 5.47. The molecule has 1 aromatic rings. The van der Waals surface area contributed by atoms with Gasteiger partial charge in [-0.05, 0) is 48.8 Å². The molecule has 2 N–H and O–H groups in total. The van der Waals surface area contributed by atoms with Crippen molar-refractivity contribution in [1.29, 1.82) is 0 Å². The lowest BCUT2D eigenvalue weighted by molar-refractivity contribution is -0.122. The SMILES string of the molecule is CC(C)(C)NC(=O)CCNC(=O)c1ccc(Br)cn1. The molecule has 0 unspecified atom stereocenters. The van der Waals surface area contributed by atoms with E-state index in [0.717, 1.165) is 4.47 Å². The lowest BCUT2D eigenvalue weighted by Gasteiger charge is -2.20. The molecule has 19 heavy (non-hydrogen) atoms. The molecule has 0 radical (unpaired) electrons. The minimum absolute atomic E-state index is 0.0865. The van der Waals surface area contributed by atoms with Crippen LogP contribution in [0, 0.1) is 0 Å². The first-order valence-corrected chi connectivity index (χ1v) is 6.78.